The van der Waals surface area contributed by atoms with Gasteiger partial charge in [0.2, 0.25) is 0 Å². The summed E-state index contributed by atoms with van der Waals surface area (Å²) in [7, 11) is 0. The highest BCUT2D eigenvalue weighted by Crippen LogP contribution is 2.27. The normalized spacial score (nSPS) is 10.7. The molecule has 19 heavy (non-hydrogen) atoms. The molecule has 0 radical (unpaired) electrons. The zero-order valence-electron chi connectivity index (χ0n) is 9.66. The molecule has 2 heterocycles. The molecule has 2 N–H and O–H groups in total. The van der Waals surface area contributed by atoms with Gasteiger partial charge in [0.15, 0.2) is 11.1 Å². The zero-order chi connectivity index (χ0) is 13.2. The Labute approximate surface area is 106 Å². The van der Waals surface area contributed by atoms with Crippen LogP contribution in [0.3, 0.4) is 0 Å². The van der Waals surface area contributed by atoms with Crippen LogP contribution in [0.25, 0.3) is 11.1 Å². The van der Waals surface area contributed by atoms with E-state index in [4.69, 9.17) is 4.42 Å². The molecule has 0 amide bonds. The van der Waals surface area contributed by atoms with E-state index < -0.39 is 4.92 Å². The molecular weight excluding hydrogens is 250 g/mol. The van der Waals surface area contributed by atoms with Crippen molar-refractivity contribution < 1.29 is 9.34 Å². The van der Waals surface area contributed by atoms with Crippen LogP contribution in [0.1, 0.15) is 5.69 Å². The van der Waals surface area contributed by atoms with Crippen LogP contribution in [0.5, 0.6) is 0 Å². The molecule has 0 unspecified atom stereocenters. The summed E-state index contributed by atoms with van der Waals surface area (Å²) >= 11 is 0. The summed E-state index contributed by atoms with van der Waals surface area (Å²) in [4.78, 5) is 21.3. The molecule has 3 rings (SSSR count). The van der Waals surface area contributed by atoms with Gasteiger partial charge < -0.3 is 14.7 Å². The number of non-ortho nitro benzene ring substituents is 1. The minimum Gasteiger partial charge on any atom is -0.423 e. The molecule has 0 spiro atoms. The molecule has 0 aliphatic rings. The van der Waals surface area contributed by atoms with Crippen molar-refractivity contribution in [2.45, 2.75) is 6.54 Å². The second-order valence-electron chi connectivity index (χ2n) is 3.83. The third kappa shape index (κ3) is 2.10. The van der Waals surface area contributed by atoms with Crippen molar-refractivity contribution in [3.8, 4) is 0 Å². The Kier molecular flexibility index (Phi) is 2.60. The first-order valence-corrected chi connectivity index (χ1v) is 5.49. The average Bonchev–Trinajstić information content (AvgIpc) is 3.04. The number of nitro groups is 1. The minimum absolute atomic E-state index is 0.0733. The molecule has 3 aromatic rings. The number of para-hydroxylation sites is 1. The van der Waals surface area contributed by atoms with Crippen molar-refractivity contribution in [2.24, 2.45) is 0 Å². The van der Waals surface area contributed by atoms with Crippen LogP contribution in [-0.2, 0) is 6.54 Å². The van der Waals surface area contributed by atoms with Gasteiger partial charge in [-0.05, 0) is 6.07 Å². The number of hydrogen-bond donors (Lipinski definition) is 2. The van der Waals surface area contributed by atoms with E-state index >= 15 is 0 Å². The standard InChI is InChI=1S/C11H9N5O3/c17-16(18)8-2-1-3-9-10(8)15-11(19-9)13-5-7-4-12-6-14-7/h1-4,6H,5H2,(H,12,14)(H,13,15). The molecule has 8 nitrogen and oxygen atoms in total. The molecule has 0 aliphatic heterocycles. The van der Waals surface area contributed by atoms with Gasteiger partial charge in [0.05, 0.1) is 23.5 Å². The monoisotopic (exact) mass is 259 g/mol. The number of imidazole rings is 1. The quantitative estimate of drug-likeness (QED) is 0.548. The maximum atomic E-state index is 10.9. The first-order valence-electron chi connectivity index (χ1n) is 5.49. The third-order valence-corrected chi connectivity index (χ3v) is 2.58. The number of nitro benzene ring substituents is 1. The van der Waals surface area contributed by atoms with Crippen LogP contribution in [0.4, 0.5) is 11.7 Å². The van der Waals surface area contributed by atoms with E-state index in [1.54, 1.807) is 24.7 Å². The molecule has 8 heteroatoms. The Morgan fingerprint density at radius 3 is 3.11 bits per heavy atom. The van der Waals surface area contributed by atoms with Crippen molar-refractivity contribution in [3.63, 3.8) is 0 Å². The van der Waals surface area contributed by atoms with E-state index in [0.29, 0.717) is 12.1 Å². The number of aromatic nitrogens is 3. The lowest BCUT2D eigenvalue weighted by molar-refractivity contribution is -0.383. The lowest BCUT2D eigenvalue weighted by atomic mass is 10.3. The highest BCUT2D eigenvalue weighted by molar-refractivity contribution is 5.83. The maximum absolute atomic E-state index is 10.9. The van der Waals surface area contributed by atoms with E-state index in [1.807, 2.05) is 0 Å². The lowest BCUT2D eigenvalue weighted by Crippen LogP contribution is -1.99. The van der Waals surface area contributed by atoms with Crippen LogP contribution in [0, 0.1) is 10.1 Å². The predicted octanol–water partition coefficient (Wildman–Crippen LogP) is 2.07. The van der Waals surface area contributed by atoms with Crippen molar-refractivity contribution in [3.05, 3.63) is 46.5 Å². The molecule has 2 aromatic heterocycles. The number of H-pyrrole nitrogens is 1. The summed E-state index contributed by atoms with van der Waals surface area (Å²) in [5.74, 6) is 0. The van der Waals surface area contributed by atoms with E-state index in [2.05, 4.69) is 20.3 Å². The Hall–Kier alpha value is -2.90. The van der Waals surface area contributed by atoms with E-state index in [9.17, 15) is 10.1 Å². The summed E-state index contributed by atoms with van der Waals surface area (Å²) in [5.41, 5.74) is 1.40. The van der Waals surface area contributed by atoms with Gasteiger partial charge in [-0.3, -0.25) is 10.1 Å². The maximum Gasteiger partial charge on any atom is 0.298 e. The van der Waals surface area contributed by atoms with E-state index in [1.165, 1.54) is 6.07 Å². The molecular formula is C11H9N5O3. The second kappa shape index (κ2) is 4.41. The number of benzene rings is 1. The summed E-state index contributed by atoms with van der Waals surface area (Å²) in [5, 5.41) is 13.8. The van der Waals surface area contributed by atoms with Gasteiger partial charge in [0.1, 0.15) is 0 Å². The number of nitrogens with one attached hydrogen (secondary N) is 2. The van der Waals surface area contributed by atoms with Crippen LogP contribution < -0.4 is 5.32 Å². The lowest BCUT2D eigenvalue weighted by Gasteiger charge is -1.96. The first kappa shape index (κ1) is 11.2. The number of fused-ring (bicyclic) bond motifs is 1. The van der Waals surface area contributed by atoms with Crippen LogP contribution in [0.15, 0.2) is 35.1 Å². The second-order valence-corrected chi connectivity index (χ2v) is 3.83. The van der Waals surface area contributed by atoms with Crippen LogP contribution >= 0.6 is 0 Å². The number of hydrogen-bond acceptors (Lipinski definition) is 6. The summed E-state index contributed by atoms with van der Waals surface area (Å²) in [6, 6.07) is 4.82. The molecule has 1 aromatic carbocycles. The van der Waals surface area contributed by atoms with Gasteiger partial charge >= 0.3 is 0 Å². The molecule has 96 valence electrons. The zero-order valence-corrected chi connectivity index (χ0v) is 9.66. The van der Waals surface area contributed by atoms with E-state index in [-0.39, 0.29) is 17.2 Å². The van der Waals surface area contributed by atoms with Gasteiger partial charge in [-0.25, -0.2) is 4.98 Å². The number of rotatable bonds is 4. The summed E-state index contributed by atoms with van der Waals surface area (Å²) < 4.78 is 5.40. The van der Waals surface area contributed by atoms with Gasteiger partial charge in [-0.1, -0.05) is 6.07 Å². The Morgan fingerprint density at radius 2 is 2.37 bits per heavy atom. The fourth-order valence-electron chi connectivity index (χ4n) is 1.71. The fraction of sp³-hybridized carbons (Fsp3) is 0.0909. The van der Waals surface area contributed by atoms with Crippen molar-refractivity contribution in [1.29, 1.82) is 0 Å². The molecule has 0 atom stereocenters. The fourth-order valence-corrected chi connectivity index (χ4v) is 1.71. The average molecular weight is 259 g/mol. The van der Waals surface area contributed by atoms with Gasteiger partial charge in [-0.2, -0.15) is 4.98 Å². The molecule has 0 saturated heterocycles. The van der Waals surface area contributed by atoms with Crippen molar-refractivity contribution >= 4 is 22.8 Å². The molecule has 0 saturated carbocycles. The molecule has 0 bridgehead atoms. The van der Waals surface area contributed by atoms with E-state index in [0.717, 1.165) is 5.69 Å². The van der Waals surface area contributed by atoms with Crippen LogP contribution in [0.2, 0.25) is 0 Å². The highest BCUT2D eigenvalue weighted by atomic mass is 16.6. The summed E-state index contributed by atoms with van der Waals surface area (Å²) in [6.07, 6.45) is 3.23. The summed E-state index contributed by atoms with van der Waals surface area (Å²) in [6.45, 7) is 0.445. The smallest absolute Gasteiger partial charge is 0.298 e. The molecule has 0 aliphatic carbocycles. The van der Waals surface area contributed by atoms with Crippen LogP contribution in [-0.4, -0.2) is 19.9 Å². The minimum atomic E-state index is -0.483. The predicted molar refractivity (Wildman–Crippen MR) is 66.6 cm³/mol. The largest absolute Gasteiger partial charge is 0.423 e. The number of oxazole rings is 1. The van der Waals surface area contributed by atoms with Gasteiger partial charge in [0.25, 0.3) is 11.7 Å². The van der Waals surface area contributed by atoms with Crippen molar-refractivity contribution in [1.82, 2.24) is 15.0 Å². The number of anilines is 1. The third-order valence-electron chi connectivity index (χ3n) is 2.58. The SMILES string of the molecule is O=[N+]([O-])c1cccc2oc(NCc3cnc[nH]3)nc12. The van der Waals surface area contributed by atoms with Gasteiger partial charge in [-0.15, -0.1) is 0 Å². The van der Waals surface area contributed by atoms with Crippen molar-refractivity contribution in [2.75, 3.05) is 5.32 Å². The first-order chi connectivity index (χ1) is 9.24. The number of nitrogens with zero attached hydrogens (tertiary/aromatic N) is 3. The van der Waals surface area contributed by atoms with Gasteiger partial charge in [0, 0.05) is 12.3 Å². The highest BCUT2D eigenvalue weighted by Gasteiger charge is 2.17. The Balaban J connectivity index is 1.89. The number of aromatic amines is 1. The Morgan fingerprint density at radius 1 is 1.47 bits per heavy atom. The Bertz CT molecular complexity index is 719. The molecule has 0 fully saturated rings. The topological polar surface area (TPSA) is 110 Å².